The summed E-state index contributed by atoms with van der Waals surface area (Å²) in [6, 6.07) is 29.5. The fourth-order valence-electron chi connectivity index (χ4n) is 9.73. The minimum atomic E-state index is -5.89. The van der Waals surface area contributed by atoms with Gasteiger partial charge in [-0.3, -0.25) is 0 Å². The molecule has 0 nitrogen and oxygen atoms in total. The fourth-order valence-corrected chi connectivity index (χ4v) is 9.73. The van der Waals surface area contributed by atoms with Crippen LogP contribution in [0.5, 0.6) is 0 Å². The van der Waals surface area contributed by atoms with Gasteiger partial charge in [-0.15, -0.1) is 0 Å². The lowest BCUT2D eigenvalue weighted by atomic mass is 9.74. The maximum absolute atomic E-state index is 15.4. The molecule has 0 saturated heterocycles. The summed E-state index contributed by atoms with van der Waals surface area (Å²) in [4.78, 5) is 0. The topological polar surface area (TPSA) is 0 Å². The van der Waals surface area contributed by atoms with Crippen molar-refractivity contribution in [3.8, 4) is 44.5 Å². The van der Waals surface area contributed by atoms with Crippen molar-refractivity contribution in [2.45, 2.75) is 35.5 Å². The van der Waals surface area contributed by atoms with Crippen molar-refractivity contribution < 1.29 is 52.7 Å². The van der Waals surface area contributed by atoms with Gasteiger partial charge in [-0.25, -0.2) is 0 Å². The number of halogens is 12. The predicted octanol–water partition coefficient (Wildman–Crippen LogP) is 14.7. The molecule has 0 saturated carbocycles. The zero-order valence-electron chi connectivity index (χ0n) is 29.2. The number of benzene rings is 8. The van der Waals surface area contributed by atoms with Gasteiger partial charge in [0.05, 0.1) is 0 Å². The standard InChI is InChI=1S/C46H22F12/c47-43(48,49)41(44(50,51)52)33-17-13-25(23-7-3-1-4-8-23)19-31(33)39-29-15-16-30-38-28(12-11-27(37(29)38)21-35(39)41)22-36-40(30)32-20-26(24-9-5-2-6-10-24)14-18-34(32)42(36,45(53,54)55)46(56,57)58/h1-22H. The van der Waals surface area contributed by atoms with Crippen LogP contribution in [-0.4, -0.2) is 24.7 Å². The molecular weight excluding hydrogens is 780 g/mol. The third-order valence-corrected chi connectivity index (χ3v) is 12.0. The first-order valence-corrected chi connectivity index (χ1v) is 17.8. The van der Waals surface area contributed by atoms with Crippen LogP contribution in [0.1, 0.15) is 22.3 Å². The summed E-state index contributed by atoms with van der Waals surface area (Å²) in [7, 11) is 0. The van der Waals surface area contributed by atoms with Gasteiger partial charge in [0.15, 0.2) is 0 Å². The van der Waals surface area contributed by atoms with E-state index in [1.54, 1.807) is 60.7 Å². The van der Waals surface area contributed by atoms with E-state index >= 15 is 52.7 Å². The van der Waals surface area contributed by atoms with Crippen molar-refractivity contribution in [2.75, 3.05) is 0 Å². The maximum Gasteiger partial charge on any atom is 0.411 e. The average molecular weight is 803 g/mol. The zero-order chi connectivity index (χ0) is 40.9. The second kappa shape index (κ2) is 11.3. The summed E-state index contributed by atoms with van der Waals surface area (Å²) in [6.45, 7) is 0. The SMILES string of the molecule is FC(F)(F)C1(C(F)(F)F)c2ccc(-c3ccccc3)cc2-c2c1cc1ccc3cc4c(c5ccc2c1c35)-c1cc(-c2ccccc2)ccc1C4(C(F)(F)F)C(F)(F)F. The predicted molar refractivity (Wildman–Crippen MR) is 198 cm³/mol. The Hall–Kier alpha value is -6.04. The highest BCUT2D eigenvalue weighted by atomic mass is 19.4. The van der Waals surface area contributed by atoms with Gasteiger partial charge in [-0.05, 0) is 123 Å². The van der Waals surface area contributed by atoms with Crippen molar-refractivity contribution in [1.29, 1.82) is 0 Å². The lowest BCUT2D eigenvalue weighted by molar-refractivity contribution is -0.288. The number of hydrogen-bond acceptors (Lipinski definition) is 0. The van der Waals surface area contributed by atoms with Crippen LogP contribution in [0.4, 0.5) is 52.7 Å². The van der Waals surface area contributed by atoms with Gasteiger partial charge in [0.2, 0.25) is 10.8 Å². The Morgan fingerprint density at radius 1 is 0.310 bits per heavy atom. The van der Waals surface area contributed by atoms with E-state index in [0.717, 1.165) is 36.4 Å². The summed E-state index contributed by atoms with van der Waals surface area (Å²) < 4.78 is 185. The Kier molecular flexibility index (Phi) is 7.09. The third kappa shape index (κ3) is 4.35. The molecule has 10 rings (SSSR count). The summed E-state index contributed by atoms with van der Waals surface area (Å²) in [5.74, 6) is 0. The van der Waals surface area contributed by atoms with E-state index in [-0.39, 0.29) is 54.6 Å². The average Bonchev–Trinajstić information content (AvgIpc) is 3.65. The number of alkyl halides is 12. The van der Waals surface area contributed by atoms with Crippen LogP contribution in [0.25, 0.3) is 76.8 Å². The first-order valence-electron chi connectivity index (χ1n) is 17.8. The molecule has 58 heavy (non-hydrogen) atoms. The highest BCUT2D eigenvalue weighted by Crippen LogP contribution is 2.68. The molecule has 12 heteroatoms. The molecule has 8 aromatic carbocycles. The van der Waals surface area contributed by atoms with Gasteiger partial charge >= 0.3 is 24.7 Å². The lowest BCUT2D eigenvalue weighted by Crippen LogP contribution is -2.53. The van der Waals surface area contributed by atoms with Gasteiger partial charge in [0.25, 0.3) is 0 Å². The molecule has 0 aliphatic heterocycles. The van der Waals surface area contributed by atoms with Crippen molar-refractivity contribution in [2.24, 2.45) is 0 Å². The molecule has 8 aromatic rings. The van der Waals surface area contributed by atoms with E-state index in [1.807, 2.05) is 0 Å². The van der Waals surface area contributed by atoms with Crippen LogP contribution in [-0.2, 0) is 10.8 Å². The van der Waals surface area contributed by atoms with E-state index < -0.39 is 57.8 Å². The van der Waals surface area contributed by atoms with E-state index in [0.29, 0.717) is 22.3 Å². The minimum absolute atomic E-state index is 0.0680. The van der Waals surface area contributed by atoms with Gasteiger partial charge in [0, 0.05) is 0 Å². The molecule has 0 amide bonds. The van der Waals surface area contributed by atoms with Gasteiger partial charge in [0.1, 0.15) is 0 Å². The monoisotopic (exact) mass is 802 g/mol. The largest absolute Gasteiger partial charge is 0.411 e. The maximum atomic E-state index is 15.4. The Morgan fingerprint density at radius 2 is 0.655 bits per heavy atom. The molecule has 0 unspecified atom stereocenters. The first kappa shape index (κ1) is 36.3. The van der Waals surface area contributed by atoms with Crippen LogP contribution in [0, 0.1) is 0 Å². The fraction of sp³-hybridized carbons (Fsp3) is 0.130. The van der Waals surface area contributed by atoms with Crippen molar-refractivity contribution in [3.63, 3.8) is 0 Å². The molecule has 2 aliphatic carbocycles. The minimum Gasteiger partial charge on any atom is -0.169 e. The molecule has 2 aliphatic rings. The normalized spacial score (nSPS) is 15.9. The number of fused-ring (bicyclic) bond motifs is 8. The highest BCUT2D eigenvalue weighted by Gasteiger charge is 2.77. The molecule has 0 spiro atoms. The number of rotatable bonds is 2. The van der Waals surface area contributed by atoms with Crippen molar-refractivity contribution >= 4 is 32.3 Å². The van der Waals surface area contributed by atoms with E-state index in [9.17, 15) is 0 Å². The molecule has 0 heterocycles. The molecule has 0 bridgehead atoms. The van der Waals surface area contributed by atoms with Crippen LogP contribution in [0.2, 0.25) is 0 Å². The third-order valence-electron chi connectivity index (χ3n) is 12.0. The Labute approximate surface area is 320 Å². The Morgan fingerprint density at radius 3 is 0.983 bits per heavy atom. The van der Waals surface area contributed by atoms with Crippen molar-refractivity contribution in [3.05, 3.63) is 156 Å². The number of hydrogen-bond donors (Lipinski definition) is 0. The van der Waals surface area contributed by atoms with Crippen LogP contribution in [0.15, 0.2) is 133 Å². The highest BCUT2D eigenvalue weighted by molar-refractivity contribution is 6.29. The van der Waals surface area contributed by atoms with Crippen LogP contribution >= 0.6 is 0 Å². The summed E-state index contributed by atoms with van der Waals surface area (Å²) in [5, 5.41) is -0.136. The molecule has 0 aromatic heterocycles. The Balaban J connectivity index is 1.36. The van der Waals surface area contributed by atoms with Crippen LogP contribution in [0.3, 0.4) is 0 Å². The van der Waals surface area contributed by atoms with Gasteiger partial charge < -0.3 is 0 Å². The van der Waals surface area contributed by atoms with E-state index in [1.165, 1.54) is 36.4 Å². The van der Waals surface area contributed by atoms with Crippen molar-refractivity contribution in [1.82, 2.24) is 0 Å². The molecule has 0 fully saturated rings. The summed E-state index contributed by atoms with van der Waals surface area (Å²) >= 11 is 0. The van der Waals surface area contributed by atoms with Gasteiger partial charge in [-0.1, -0.05) is 109 Å². The molecule has 0 atom stereocenters. The first-order chi connectivity index (χ1) is 27.3. The lowest BCUT2D eigenvalue weighted by Gasteiger charge is -2.36. The smallest absolute Gasteiger partial charge is 0.169 e. The summed E-state index contributed by atoms with van der Waals surface area (Å²) in [6.07, 6.45) is -23.6. The summed E-state index contributed by atoms with van der Waals surface area (Å²) in [5.41, 5.74) is -12.9. The Bertz CT molecular complexity index is 2760. The van der Waals surface area contributed by atoms with Crippen LogP contribution < -0.4 is 0 Å². The second-order valence-electron chi connectivity index (χ2n) is 14.8. The van der Waals surface area contributed by atoms with E-state index in [4.69, 9.17) is 0 Å². The molecular formula is C46H22F12. The van der Waals surface area contributed by atoms with E-state index in [2.05, 4.69) is 0 Å². The molecule has 0 radical (unpaired) electrons. The second-order valence-corrected chi connectivity index (χ2v) is 14.8. The molecule has 0 N–H and O–H groups in total. The zero-order valence-corrected chi connectivity index (χ0v) is 29.2. The quantitative estimate of drug-likeness (QED) is 0.121. The molecule has 290 valence electrons. The van der Waals surface area contributed by atoms with Gasteiger partial charge in [-0.2, -0.15) is 52.7 Å².